The van der Waals surface area contributed by atoms with E-state index >= 15 is 0 Å². The summed E-state index contributed by atoms with van der Waals surface area (Å²) in [6.45, 7) is -0.275. The van der Waals surface area contributed by atoms with Gasteiger partial charge < -0.3 is 24.3 Å². The lowest BCUT2D eigenvalue weighted by atomic mass is 10.3. The van der Waals surface area contributed by atoms with E-state index in [1.54, 1.807) is 7.11 Å². The Hall–Kier alpha value is -0.473. The number of unbranched alkanes of at least 4 members (excludes halogenated alkanes) is 1. The van der Waals surface area contributed by atoms with Crippen molar-refractivity contribution in [3.8, 4) is 0 Å². The van der Waals surface area contributed by atoms with Crippen LogP contribution in [0.3, 0.4) is 0 Å². The van der Waals surface area contributed by atoms with Crippen molar-refractivity contribution < 1.29 is 25.2 Å². The van der Waals surface area contributed by atoms with Gasteiger partial charge in [0.05, 0.1) is 7.95 Å². The molecule has 0 spiro atoms. The van der Waals surface area contributed by atoms with Crippen molar-refractivity contribution in [2.24, 2.45) is 0 Å². The summed E-state index contributed by atoms with van der Waals surface area (Å²) in [4.78, 5) is 11.4. The molecule has 1 rings (SSSR count). The van der Waals surface area contributed by atoms with Gasteiger partial charge in [-0.3, -0.25) is 4.79 Å². The van der Waals surface area contributed by atoms with E-state index in [0.29, 0.717) is 16.3 Å². The lowest BCUT2D eigenvalue weighted by Crippen LogP contribution is -2.33. The van der Waals surface area contributed by atoms with E-state index in [0.717, 1.165) is 18.9 Å². The van der Waals surface area contributed by atoms with Gasteiger partial charge in [0, 0.05) is 20.1 Å². The number of rotatable bonds is 9. The average Bonchev–Trinajstić information content (AvgIpc) is 2.69. The standard InChI is InChI=1S/C11H21NO5Si/c1-15-18-7-3-2-5-12-10(13)8-17-9-4-6-16-11(9)14/h9,11,14H,2-8H2,1H3,(H,12,13)/i6T. The summed E-state index contributed by atoms with van der Waals surface area (Å²) in [5, 5.41) is 12.1. The fourth-order valence-electron chi connectivity index (χ4n) is 1.49. The monoisotopic (exact) mass is 277 g/mol. The molecule has 1 fully saturated rings. The molecule has 18 heavy (non-hydrogen) atoms. The van der Waals surface area contributed by atoms with Crippen LogP contribution in [0.15, 0.2) is 0 Å². The van der Waals surface area contributed by atoms with Crippen LogP contribution in [0.2, 0.25) is 6.04 Å². The number of ether oxygens (including phenoxy) is 2. The van der Waals surface area contributed by atoms with Gasteiger partial charge in [-0.25, -0.2) is 0 Å². The van der Waals surface area contributed by atoms with Gasteiger partial charge in [-0.15, -0.1) is 0 Å². The first-order chi connectivity index (χ1) is 9.13. The van der Waals surface area contributed by atoms with E-state index < -0.39 is 19.0 Å². The summed E-state index contributed by atoms with van der Waals surface area (Å²) in [5.74, 6) is -0.213. The maximum Gasteiger partial charge on any atom is 0.246 e. The number of aliphatic hydroxyl groups excluding tert-OH is 1. The quantitative estimate of drug-likeness (QED) is 0.446. The second-order valence-electron chi connectivity index (χ2n) is 3.93. The van der Waals surface area contributed by atoms with Gasteiger partial charge in [0.1, 0.15) is 12.7 Å². The molecule has 6 nitrogen and oxygen atoms in total. The molecule has 1 amide bonds. The number of hydrogen-bond donors (Lipinski definition) is 2. The highest BCUT2D eigenvalue weighted by Crippen LogP contribution is 2.14. The van der Waals surface area contributed by atoms with Crippen LogP contribution < -0.4 is 5.32 Å². The predicted octanol–water partition coefficient (Wildman–Crippen LogP) is -0.309. The molecule has 104 valence electrons. The van der Waals surface area contributed by atoms with Crippen LogP contribution in [-0.2, 0) is 18.7 Å². The van der Waals surface area contributed by atoms with Gasteiger partial charge in [-0.1, -0.05) is 6.42 Å². The molecule has 1 saturated heterocycles. The Balaban J connectivity index is 1.99. The number of carbonyl (C=O) groups is 1. The zero-order valence-corrected chi connectivity index (χ0v) is 11.6. The maximum absolute atomic E-state index is 11.4. The van der Waals surface area contributed by atoms with Gasteiger partial charge in [-0.05, 0) is 12.5 Å². The summed E-state index contributed by atoms with van der Waals surface area (Å²) in [6.07, 6.45) is 0.517. The van der Waals surface area contributed by atoms with Crippen molar-refractivity contribution in [3.05, 3.63) is 0 Å². The van der Waals surface area contributed by atoms with E-state index in [1.807, 2.05) is 0 Å². The zero-order valence-electron chi connectivity index (χ0n) is 11.6. The summed E-state index contributed by atoms with van der Waals surface area (Å²) >= 11 is 0. The third-order valence-electron chi connectivity index (χ3n) is 2.48. The predicted molar refractivity (Wildman–Crippen MR) is 66.1 cm³/mol. The van der Waals surface area contributed by atoms with Crippen molar-refractivity contribution in [1.29, 1.82) is 0 Å². The topological polar surface area (TPSA) is 77.0 Å². The fourth-order valence-corrected chi connectivity index (χ4v) is 2.09. The Morgan fingerprint density at radius 3 is 3.17 bits per heavy atom. The number of nitrogens with one attached hydrogen (secondary N) is 1. The van der Waals surface area contributed by atoms with Crippen molar-refractivity contribution >= 4 is 15.7 Å². The molecule has 0 bridgehead atoms. The smallest absolute Gasteiger partial charge is 0.246 e. The van der Waals surface area contributed by atoms with Crippen LogP contribution in [-0.4, -0.2) is 60.0 Å². The van der Waals surface area contributed by atoms with Crippen molar-refractivity contribution in [2.75, 3.05) is 26.8 Å². The highest BCUT2D eigenvalue weighted by Gasteiger charge is 2.27. The van der Waals surface area contributed by atoms with Gasteiger partial charge in [-0.2, -0.15) is 0 Å². The molecule has 0 aromatic carbocycles. The Morgan fingerprint density at radius 2 is 2.50 bits per heavy atom. The van der Waals surface area contributed by atoms with Crippen molar-refractivity contribution in [1.82, 2.24) is 5.32 Å². The molecule has 2 radical (unpaired) electrons. The number of amides is 1. The lowest BCUT2D eigenvalue weighted by molar-refractivity contribution is -0.143. The van der Waals surface area contributed by atoms with Gasteiger partial charge in [0.2, 0.25) is 15.7 Å². The van der Waals surface area contributed by atoms with E-state index in [-0.39, 0.29) is 18.9 Å². The van der Waals surface area contributed by atoms with Crippen molar-refractivity contribution in [2.45, 2.75) is 37.7 Å². The highest BCUT2D eigenvalue weighted by molar-refractivity contribution is 6.26. The van der Waals surface area contributed by atoms with Crippen LogP contribution in [0.25, 0.3) is 0 Å². The van der Waals surface area contributed by atoms with Crippen LogP contribution in [0.4, 0.5) is 0 Å². The summed E-state index contributed by atoms with van der Waals surface area (Å²) in [7, 11) is 2.20. The minimum Gasteiger partial charge on any atom is -0.421 e. The first-order valence-electron chi connectivity index (χ1n) is 6.61. The zero-order chi connectivity index (χ0) is 14.1. The summed E-state index contributed by atoms with van der Waals surface area (Å²) in [6, 6.07) is 1.01. The molecule has 1 aliphatic rings. The Labute approximate surface area is 111 Å². The van der Waals surface area contributed by atoms with Crippen LogP contribution >= 0.6 is 0 Å². The second kappa shape index (κ2) is 9.46. The van der Waals surface area contributed by atoms with E-state index in [9.17, 15) is 9.90 Å². The number of carbonyl (C=O) groups excluding carboxylic acids is 1. The lowest BCUT2D eigenvalue weighted by Gasteiger charge is -2.13. The molecule has 3 unspecified atom stereocenters. The average molecular weight is 277 g/mol. The normalized spacial score (nSPS) is 28.1. The van der Waals surface area contributed by atoms with E-state index in [4.69, 9.17) is 15.3 Å². The molecule has 3 atom stereocenters. The molecule has 0 saturated carbocycles. The van der Waals surface area contributed by atoms with Crippen LogP contribution in [0.1, 0.15) is 20.6 Å². The summed E-state index contributed by atoms with van der Waals surface area (Å²) < 4.78 is 22.3. The Bertz CT molecular complexity index is 271. The second-order valence-corrected chi connectivity index (χ2v) is 5.13. The van der Waals surface area contributed by atoms with Gasteiger partial charge >= 0.3 is 0 Å². The molecule has 0 aromatic heterocycles. The summed E-state index contributed by atoms with van der Waals surface area (Å²) in [5.41, 5.74) is 0. The molecule has 7 heteroatoms. The molecule has 0 aromatic rings. The third-order valence-corrected chi connectivity index (χ3v) is 3.33. The van der Waals surface area contributed by atoms with Gasteiger partial charge in [0.15, 0.2) is 6.29 Å². The molecular weight excluding hydrogens is 254 g/mol. The number of hydrogen-bond acceptors (Lipinski definition) is 5. The van der Waals surface area contributed by atoms with E-state index in [2.05, 4.69) is 5.32 Å². The van der Waals surface area contributed by atoms with E-state index in [1.165, 1.54) is 0 Å². The van der Waals surface area contributed by atoms with Crippen LogP contribution in [0.5, 0.6) is 0 Å². The minimum absolute atomic E-state index is 0.113. The first kappa shape index (κ1) is 13.9. The highest BCUT2D eigenvalue weighted by atomic mass is 28.2. The van der Waals surface area contributed by atoms with Gasteiger partial charge in [0.25, 0.3) is 0 Å². The SMILES string of the molecule is [3H]C1CC(OCC(=O)NCCCC[Si]OC)C(O)O1. The fraction of sp³-hybridized carbons (Fsp3) is 0.909. The first-order valence-corrected chi connectivity index (χ1v) is 7.15. The maximum atomic E-state index is 11.4. The Kier molecular flexibility index (Phi) is 7.33. The molecule has 1 heterocycles. The minimum atomic E-state index is -1.11. The van der Waals surface area contributed by atoms with Crippen LogP contribution in [0, 0.1) is 0 Å². The molecule has 2 N–H and O–H groups in total. The molecule has 1 aliphatic heterocycles. The molecular formula is C11H21NO5Si. The third kappa shape index (κ3) is 6.46. The number of aliphatic hydroxyl groups is 1. The Morgan fingerprint density at radius 1 is 1.67 bits per heavy atom. The molecule has 0 aliphatic carbocycles. The largest absolute Gasteiger partial charge is 0.421 e. The van der Waals surface area contributed by atoms with Crippen molar-refractivity contribution in [3.63, 3.8) is 0 Å².